The van der Waals surface area contributed by atoms with E-state index in [0.29, 0.717) is 11.5 Å². The van der Waals surface area contributed by atoms with Crippen molar-refractivity contribution in [2.75, 3.05) is 6.54 Å². The summed E-state index contributed by atoms with van der Waals surface area (Å²) in [6, 6.07) is 3.58. The third-order valence-electron chi connectivity index (χ3n) is 3.06. The molecule has 18 heavy (non-hydrogen) atoms. The van der Waals surface area contributed by atoms with E-state index in [1.807, 2.05) is 0 Å². The molecule has 1 aromatic carbocycles. The first-order valence-corrected chi connectivity index (χ1v) is 7.39. The fraction of sp³-hybridized carbons (Fsp3) is 0.500. The van der Waals surface area contributed by atoms with Gasteiger partial charge < -0.3 is 5.73 Å². The van der Waals surface area contributed by atoms with Crippen molar-refractivity contribution < 1.29 is 12.8 Å². The summed E-state index contributed by atoms with van der Waals surface area (Å²) in [7, 11) is -3.68. The van der Waals surface area contributed by atoms with Gasteiger partial charge in [0.1, 0.15) is 5.82 Å². The van der Waals surface area contributed by atoms with Crippen molar-refractivity contribution in [2.45, 2.75) is 30.7 Å². The van der Waals surface area contributed by atoms with Crippen LogP contribution in [0.1, 0.15) is 18.4 Å². The Morgan fingerprint density at radius 1 is 1.44 bits per heavy atom. The predicted octanol–water partition coefficient (Wildman–Crippen LogP) is 1.15. The van der Waals surface area contributed by atoms with Crippen molar-refractivity contribution in [3.05, 3.63) is 29.6 Å². The van der Waals surface area contributed by atoms with Crippen LogP contribution in [0.15, 0.2) is 23.1 Å². The predicted molar refractivity (Wildman–Crippen MR) is 67.0 cm³/mol. The summed E-state index contributed by atoms with van der Waals surface area (Å²) < 4.78 is 39.5. The first-order chi connectivity index (χ1) is 8.38. The van der Waals surface area contributed by atoms with E-state index in [1.54, 1.807) is 6.92 Å². The molecule has 0 amide bonds. The topological polar surface area (TPSA) is 72.2 Å². The van der Waals surface area contributed by atoms with Gasteiger partial charge >= 0.3 is 0 Å². The van der Waals surface area contributed by atoms with Gasteiger partial charge in [-0.3, -0.25) is 0 Å². The minimum atomic E-state index is -3.68. The molecule has 0 bridgehead atoms. The van der Waals surface area contributed by atoms with Crippen LogP contribution in [0.4, 0.5) is 4.39 Å². The van der Waals surface area contributed by atoms with Crippen LogP contribution in [0, 0.1) is 18.7 Å². The number of hydrogen-bond donors (Lipinski definition) is 2. The van der Waals surface area contributed by atoms with Gasteiger partial charge in [-0.1, -0.05) is 0 Å². The number of nitrogens with one attached hydrogen (secondary N) is 1. The van der Waals surface area contributed by atoms with Gasteiger partial charge in [-0.25, -0.2) is 17.5 Å². The number of aryl methyl sites for hydroxylation is 1. The summed E-state index contributed by atoms with van der Waals surface area (Å²) in [5, 5.41) is 0. The molecule has 1 aliphatic carbocycles. The molecule has 0 radical (unpaired) electrons. The highest BCUT2D eigenvalue weighted by Crippen LogP contribution is 2.31. The lowest BCUT2D eigenvalue weighted by Crippen LogP contribution is -2.38. The molecule has 1 atom stereocenters. The average Bonchev–Trinajstić information content (AvgIpc) is 3.08. The molecule has 0 saturated heterocycles. The molecule has 2 rings (SSSR count). The molecule has 3 N–H and O–H groups in total. The largest absolute Gasteiger partial charge is 0.326 e. The Kier molecular flexibility index (Phi) is 3.70. The van der Waals surface area contributed by atoms with E-state index in [9.17, 15) is 12.8 Å². The molecule has 100 valence electrons. The molecule has 4 nitrogen and oxygen atoms in total. The quantitative estimate of drug-likeness (QED) is 0.844. The zero-order valence-corrected chi connectivity index (χ0v) is 11.0. The number of sulfonamides is 1. The second-order valence-corrected chi connectivity index (χ2v) is 6.58. The highest BCUT2D eigenvalue weighted by Gasteiger charge is 2.29. The lowest BCUT2D eigenvalue weighted by molar-refractivity contribution is 0.546. The maximum absolute atomic E-state index is 13.2. The van der Waals surface area contributed by atoms with Crippen molar-refractivity contribution >= 4 is 10.0 Å². The SMILES string of the molecule is Cc1cc(F)cc(S(=O)(=O)NCC(N)C2CC2)c1. The van der Waals surface area contributed by atoms with Crippen LogP contribution in [0.2, 0.25) is 0 Å². The molecule has 1 saturated carbocycles. The Morgan fingerprint density at radius 2 is 2.11 bits per heavy atom. The van der Waals surface area contributed by atoms with Crippen LogP contribution in [0.5, 0.6) is 0 Å². The molecule has 0 spiro atoms. The second-order valence-electron chi connectivity index (χ2n) is 4.82. The van der Waals surface area contributed by atoms with Gasteiger partial charge in [0, 0.05) is 12.6 Å². The van der Waals surface area contributed by atoms with Crippen LogP contribution >= 0.6 is 0 Å². The van der Waals surface area contributed by atoms with Gasteiger partial charge in [0.25, 0.3) is 0 Å². The third kappa shape index (κ3) is 3.28. The zero-order chi connectivity index (χ0) is 13.3. The molecule has 1 unspecified atom stereocenters. The number of benzene rings is 1. The summed E-state index contributed by atoms with van der Waals surface area (Å²) in [5.41, 5.74) is 6.39. The van der Waals surface area contributed by atoms with Crippen molar-refractivity contribution in [3.8, 4) is 0 Å². The summed E-state index contributed by atoms with van der Waals surface area (Å²) in [4.78, 5) is -0.0528. The van der Waals surface area contributed by atoms with Gasteiger partial charge in [-0.15, -0.1) is 0 Å². The third-order valence-corrected chi connectivity index (χ3v) is 4.47. The van der Waals surface area contributed by atoms with E-state index in [1.165, 1.54) is 12.1 Å². The van der Waals surface area contributed by atoms with E-state index in [4.69, 9.17) is 5.73 Å². The Hall–Kier alpha value is -0.980. The molecule has 1 aromatic rings. The minimum Gasteiger partial charge on any atom is -0.326 e. The van der Waals surface area contributed by atoms with E-state index in [2.05, 4.69) is 4.72 Å². The Labute approximate surface area is 106 Å². The highest BCUT2D eigenvalue weighted by molar-refractivity contribution is 7.89. The van der Waals surface area contributed by atoms with E-state index >= 15 is 0 Å². The zero-order valence-electron chi connectivity index (χ0n) is 10.2. The maximum Gasteiger partial charge on any atom is 0.240 e. The molecular formula is C12H17FN2O2S. The van der Waals surface area contributed by atoms with Crippen molar-refractivity contribution in [1.29, 1.82) is 0 Å². The minimum absolute atomic E-state index is 0.0528. The van der Waals surface area contributed by atoms with Crippen molar-refractivity contribution in [3.63, 3.8) is 0 Å². The van der Waals surface area contributed by atoms with Crippen molar-refractivity contribution in [2.24, 2.45) is 11.7 Å². The number of rotatable bonds is 5. The fourth-order valence-corrected chi connectivity index (χ4v) is 3.03. The van der Waals surface area contributed by atoms with Crippen LogP contribution < -0.4 is 10.5 Å². The number of hydrogen-bond acceptors (Lipinski definition) is 3. The van der Waals surface area contributed by atoms with Crippen molar-refractivity contribution in [1.82, 2.24) is 4.72 Å². The fourth-order valence-electron chi connectivity index (χ4n) is 1.84. The first kappa shape index (κ1) is 13.5. The summed E-state index contributed by atoms with van der Waals surface area (Å²) in [6.07, 6.45) is 2.12. The molecule has 1 aliphatic rings. The standard InChI is InChI=1S/C12H17FN2O2S/c1-8-4-10(13)6-11(5-8)18(16,17)15-7-12(14)9-2-3-9/h4-6,9,12,15H,2-3,7,14H2,1H3. The van der Waals surface area contributed by atoms with E-state index < -0.39 is 15.8 Å². The molecule has 0 heterocycles. The molecule has 0 aromatic heterocycles. The van der Waals surface area contributed by atoms with E-state index in [-0.39, 0.29) is 17.5 Å². The molecule has 6 heteroatoms. The first-order valence-electron chi connectivity index (χ1n) is 5.91. The summed E-state index contributed by atoms with van der Waals surface area (Å²) >= 11 is 0. The van der Waals surface area contributed by atoms with E-state index in [0.717, 1.165) is 18.9 Å². The summed E-state index contributed by atoms with van der Waals surface area (Å²) in [6.45, 7) is 1.85. The average molecular weight is 272 g/mol. The molecule has 1 fully saturated rings. The van der Waals surface area contributed by atoms with Crippen LogP contribution in [-0.2, 0) is 10.0 Å². The Bertz CT molecular complexity index is 521. The van der Waals surface area contributed by atoms with Crippen LogP contribution in [-0.4, -0.2) is 21.0 Å². The van der Waals surface area contributed by atoms with Gasteiger partial charge in [-0.05, 0) is 49.4 Å². The number of halogens is 1. The maximum atomic E-state index is 13.2. The van der Waals surface area contributed by atoms with Gasteiger partial charge in [0.2, 0.25) is 10.0 Å². The molecule has 0 aliphatic heterocycles. The Morgan fingerprint density at radius 3 is 2.67 bits per heavy atom. The second kappa shape index (κ2) is 4.95. The Balaban J connectivity index is 2.09. The van der Waals surface area contributed by atoms with Crippen LogP contribution in [0.25, 0.3) is 0 Å². The van der Waals surface area contributed by atoms with Gasteiger partial charge in [-0.2, -0.15) is 0 Å². The summed E-state index contributed by atoms with van der Waals surface area (Å²) in [5.74, 6) is -0.135. The number of nitrogens with two attached hydrogens (primary N) is 1. The highest BCUT2D eigenvalue weighted by atomic mass is 32.2. The lowest BCUT2D eigenvalue weighted by atomic mass is 10.2. The lowest BCUT2D eigenvalue weighted by Gasteiger charge is -2.12. The monoisotopic (exact) mass is 272 g/mol. The molecular weight excluding hydrogens is 255 g/mol. The van der Waals surface area contributed by atoms with Crippen LogP contribution in [0.3, 0.4) is 0 Å². The van der Waals surface area contributed by atoms with Gasteiger partial charge in [0.15, 0.2) is 0 Å². The smallest absolute Gasteiger partial charge is 0.240 e. The van der Waals surface area contributed by atoms with Gasteiger partial charge in [0.05, 0.1) is 4.90 Å². The normalized spacial score (nSPS) is 17.7.